The number of benzene rings is 3. The van der Waals surface area contributed by atoms with Crippen LogP contribution in [0.5, 0.6) is 0 Å². The van der Waals surface area contributed by atoms with Crippen LogP contribution in [0.15, 0.2) is 84.9 Å². The number of hydrogen-bond donors (Lipinski definition) is 2. The quantitative estimate of drug-likeness (QED) is 0.383. The molecule has 186 valence electrons. The first-order valence-corrected chi connectivity index (χ1v) is 13.2. The number of nitrogens with zero attached hydrogens (tertiary/aromatic N) is 1. The first-order chi connectivity index (χ1) is 16.7. The van der Waals surface area contributed by atoms with Crippen LogP contribution in [0, 0.1) is 0 Å². The summed E-state index contributed by atoms with van der Waals surface area (Å²) in [6.45, 7) is 8.45. The summed E-state index contributed by atoms with van der Waals surface area (Å²) >= 11 is 0. The van der Waals surface area contributed by atoms with Crippen molar-refractivity contribution >= 4 is 0 Å². The molecule has 3 aromatic rings. The second kappa shape index (κ2) is 10.7. The highest BCUT2D eigenvalue weighted by Gasteiger charge is 2.38. The number of rotatable bonds is 8. The van der Waals surface area contributed by atoms with E-state index in [1.54, 1.807) is 0 Å². The van der Waals surface area contributed by atoms with Gasteiger partial charge in [-0.15, -0.1) is 0 Å². The minimum absolute atomic E-state index is 0.0730. The number of aliphatic hydroxyl groups is 2. The lowest BCUT2D eigenvalue weighted by atomic mass is 9.80. The minimum atomic E-state index is -1.10. The van der Waals surface area contributed by atoms with Crippen LogP contribution >= 0.6 is 0 Å². The van der Waals surface area contributed by atoms with Gasteiger partial charge in [-0.05, 0) is 59.8 Å². The SMILES string of the molecule is CC(C)(C)c1ccc([C@](O)(CCCC(O)(c2ccccc2)c2ccccc2)N2CCCCC2)cc1. The fourth-order valence-corrected chi connectivity index (χ4v) is 5.46. The zero-order chi connectivity index (χ0) is 24.9. The van der Waals surface area contributed by atoms with Crippen molar-refractivity contribution in [2.24, 2.45) is 0 Å². The monoisotopic (exact) mass is 471 g/mol. The molecule has 0 bridgehead atoms. The van der Waals surface area contributed by atoms with Gasteiger partial charge in [0.1, 0.15) is 11.3 Å². The van der Waals surface area contributed by atoms with Crippen molar-refractivity contribution in [3.8, 4) is 0 Å². The van der Waals surface area contributed by atoms with Crippen LogP contribution in [-0.2, 0) is 16.7 Å². The Morgan fingerprint density at radius 3 is 1.57 bits per heavy atom. The normalized spacial score (nSPS) is 17.2. The summed E-state index contributed by atoms with van der Waals surface area (Å²) in [5.41, 5.74) is 1.94. The van der Waals surface area contributed by atoms with E-state index in [0.717, 1.165) is 42.6 Å². The molecule has 0 aromatic heterocycles. The molecule has 3 heteroatoms. The Balaban J connectivity index is 1.61. The van der Waals surface area contributed by atoms with E-state index in [9.17, 15) is 10.2 Å². The molecule has 0 amide bonds. The summed E-state index contributed by atoms with van der Waals surface area (Å²) < 4.78 is 0. The zero-order valence-electron chi connectivity index (χ0n) is 21.6. The van der Waals surface area contributed by atoms with Crippen LogP contribution < -0.4 is 0 Å². The van der Waals surface area contributed by atoms with Gasteiger partial charge in [0.2, 0.25) is 0 Å². The Hall–Kier alpha value is -2.46. The van der Waals surface area contributed by atoms with Crippen molar-refractivity contribution in [1.29, 1.82) is 0 Å². The molecule has 3 nitrogen and oxygen atoms in total. The lowest BCUT2D eigenvalue weighted by Gasteiger charge is -2.43. The van der Waals surface area contributed by atoms with E-state index in [4.69, 9.17) is 0 Å². The minimum Gasteiger partial charge on any atom is -0.380 e. The molecule has 3 aromatic carbocycles. The molecule has 1 saturated heterocycles. The largest absolute Gasteiger partial charge is 0.380 e. The van der Waals surface area contributed by atoms with Crippen LogP contribution in [0.3, 0.4) is 0 Å². The third kappa shape index (κ3) is 5.69. The van der Waals surface area contributed by atoms with Crippen LogP contribution in [0.2, 0.25) is 0 Å². The van der Waals surface area contributed by atoms with Gasteiger partial charge in [-0.3, -0.25) is 4.90 Å². The summed E-state index contributed by atoms with van der Waals surface area (Å²) in [5.74, 6) is 0. The molecular weight excluding hydrogens is 430 g/mol. The van der Waals surface area contributed by atoms with E-state index in [1.807, 2.05) is 60.7 Å². The first-order valence-electron chi connectivity index (χ1n) is 13.2. The lowest BCUT2D eigenvalue weighted by molar-refractivity contribution is -0.132. The summed E-state index contributed by atoms with van der Waals surface area (Å²) in [7, 11) is 0. The van der Waals surface area contributed by atoms with Gasteiger partial charge in [-0.1, -0.05) is 112 Å². The molecule has 1 aliphatic heterocycles. The number of hydrogen-bond acceptors (Lipinski definition) is 3. The second-order valence-corrected chi connectivity index (χ2v) is 11.1. The van der Waals surface area contributed by atoms with Crippen molar-refractivity contribution < 1.29 is 10.2 Å². The number of piperidine rings is 1. The maximum Gasteiger partial charge on any atom is 0.144 e. The van der Waals surface area contributed by atoms with Gasteiger partial charge in [0.15, 0.2) is 0 Å². The molecule has 1 fully saturated rings. The van der Waals surface area contributed by atoms with E-state index in [1.165, 1.54) is 12.0 Å². The molecule has 2 N–H and O–H groups in total. The molecular formula is C32H41NO2. The van der Waals surface area contributed by atoms with Crippen LogP contribution in [0.25, 0.3) is 0 Å². The Morgan fingerprint density at radius 2 is 1.09 bits per heavy atom. The van der Waals surface area contributed by atoms with Gasteiger partial charge in [-0.25, -0.2) is 0 Å². The average Bonchev–Trinajstić information content (AvgIpc) is 2.89. The fraction of sp³-hybridized carbons (Fsp3) is 0.438. The van der Waals surface area contributed by atoms with E-state index < -0.39 is 11.3 Å². The Bertz CT molecular complexity index is 1010. The molecule has 1 aliphatic rings. The Morgan fingerprint density at radius 1 is 0.600 bits per heavy atom. The molecule has 0 unspecified atom stereocenters. The molecule has 1 heterocycles. The molecule has 35 heavy (non-hydrogen) atoms. The van der Waals surface area contributed by atoms with Crippen LogP contribution in [0.1, 0.15) is 81.5 Å². The van der Waals surface area contributed by atoms with Crippen LogP contribution in [-0.4, -0.2) is 28.2 Å². The van der Waals surface area contributed by atoms with E-state index in [-0.39, 0.29) is 5.41 Å². The Kier molecular flexibility index (Phi) is 7.80. The summed E-state index contributed by atoms with van der Waals surface area (Å²) in [4.78, 5) is 2.26. The predicted molar refractivity (Wildman–Crippen MR) is 144 cm³/mol. The number of likely N-dealkylation sites (tertiary alicyclic amines) is 1. The third-order valence-electron chi connectivity index (χ3n) is 7.66. The lowest BCUT2D eigenvalue weighted by Crippen LogP contribution is -2.49. The van der Waals surface area contributed by atoms with Crippen molar-refractivity contribution in [3.05, 3.63) is 107 Å². The van der Waals surface area contributed by atoms with Gasteiger partial charge in [0.05, 0.1) is 0 Å². The molecule has 0 spiro atoms. The van der Waals surface area contributed by atoms with Crippen molar-refractivity contribution in [2.45, 2.75) is 76.0 Å². The third-order valence-corrected chi connectivity index (χ3v) is 7.66. The van der Waals surface area contributed by atoms with Crippen molar-refractivity contribution in [1.82, 2.24) is 4.90 Å². The first kappa shape index (κ1) is 25.6. The predicted octanol–water partition coefficient (Wildman–Crippen LogP) is 6.72. The topological polar surface area (TPSA) is 43.7 Å². The van der Waals surface area contributed by atoms with E-state index in [0.29, 0.717) is 19.3 Å². The summed E-state index contributed by atoms with van der Waals surface area (Å²) in [6, 6.07) is 28.4. The van der Waals surface area contributed by atoms with Gasteiger partial charge in [-0.2, -0.15) is 0 Å². The highest BCUT2D eigenvalue weighted by atomic mass is 16.3. The Labute approximate surface area is 211 Å². The molecule has 0 saturated carbocycles. The van der Waals surface area contributed by atoms with Gasteiger partial charge < -0.3 is 10.2 Å². The molecule has 0 radical (unpaired) electrons. The van der Waals surface area contributed by atoms with Gasteiger partial charge in [0, 0.05) is 13.1 Å². The van der Waals surface area contributed by atoms with Crippen molar-refractivity contribution in [2.75, 3.05) is 13.1 Å². The van der Waals surface area contributed by atoms with Gasteiger partial charge in [0.25, 0.3) is 0 Å². The molecule has 1 atom stereocenters. The van der Waals surface area contributed by atoms with Crippen LogP contribution in [0.4, 0.5) is 0 Å². The van der Waals surface area contributed by atoms with E-state index >= 15 is 0 Å². The van der Waals surface area contributed by atoms with E-state index in [2.05, 4.69) is 49.9 Å². The second-order valence-electron chi connectivity index (χ2n) is 11.1. The maximum atomic E-state index is 12.2. The van der Waals surface area contributed by atoms with Crippen molar-refractivity contribution in [3.63, 3.8) is 0 Å². The zero-order valence-corrected chi connectivity index (χ0v) is 21.6. The average molecular weight is 472 g/mol. The summed E-state index contributed by atoms with van der Waals surface area (Å²) in [6.07, 6.45) is 5.24. The molecule has 0 aliphatic carbocycles. The smallest absolute Gasteiger partial charge is 0.144 e. The van der Waals surface area contributed by atoms with Gasteiger partial charge >= 0.3 is 0 Å². The standard InChI is InChI=1S/C32H41NO2/c1-30(2,3)26-18-20-29(21-19-26)32(35,33-24-11-6-12-25-33)23-13-22-31(34,27-14-7-4-8-15-27)28-16-9-5-10-17-28/h4-5,7-10,14-21,34-35H,6,11-13,22-25H2,1-3H3/t32-/m1/s1. The molecule has 4 rings (SSSR count). The highest BCUT2D eigenvalue weighted by Crippen LogP contribution is 2.39. The fourth-order valence-electron chi connectivity index (χ4n) is 5.46. The maximum absolute atomic E-state index is 12.2. The summed E-state index contributed by atoms with van der Waals surface area (Å²) in [5, 5.41) is 24.1. The highest BCUT2D eigenvalue weighted by molar-refractivity contribution is 5.36.